The Labute approximate surface area is 151 Å². The number of hydrogen-bond acceptors (Lipinski definition) is 4. The van der Waals surface area contributed by atoms with Crippen molar-refractivity contribution in [3.8, 4) is 0 Å². The summed E-state index contributed by atoms with van der Waals surface area (Å²) in [5.41, 5.74) is -0.261. The molecule has 5 aliphatic rings. The summed E-state index contributed by atoms with van der Waals surface area (Å²) in [7, 11) is 0. The van der Waals surface area contributed by atoms with Gasteiger partial charge in [-0.15, -0.1) is 0 Å². The van der Waals surface area contributed by atoms with E-state index in [1.54, 1.807) is 4.90 Å². The molecule has 3 N–H and O–H groups in total. The van der Waals surface area contributed by atoms with Gasteiger partial charge in [-0.25, -0.2) is 10.6 Å². The molecule has 4 saturated heterocycles. The second-order valence-electron chi connectivity index (χ2n) is 8.93. The Bertz CT molecular complexity index is 533. The average molecular weight is 349 g/mol. The van der Waals surface area contributed by atoms with Gasteiger partial charge in [-0.2, -0.15) is 0 Å². The largest absolute Gasteiger partial charge is 0.360 e. The molecule has 0 radical (unpaired) electrons. The number of quaternary nitrogens is 1. The van der Waals surface area contributed by atoms with Crippen molar-refractivity contribution < 1.29 is 14.4 Å². The van der Waals surface area contributed by atoms with Gasteiger partial charge in [-0.3, -0.25) is 0 Å². The minimum atomic E-state index is -0.169. The van der Waals surface area contributed by atoms with Crippen LogP contribution in [-0.2, 0) is 9.47 Å². The third-order valence-corrected chi connectivity index (χ3v) is 7.30. The van der Waals surface area contributed by atoms with E-state index in [0.29, 0.717) is 0 Å². The first-order chi connectivity index (χ1) is 12.2. The summed E-state index contributed by atoms with van der Waals surface area (Å²) in [5.74, 6) is 0. The lowest BCUT2D eigenvalue weighted by Gasteiger charge is -2.55. The van der Waals surface area contributed by atoms with Crippen LogP contribution < -0.4 is 15.5 Å². The topological polar surface area (TPSA) is 47.0 Å². The first-order valence-corrected chi connectivity index (χ1v) is 10.6. The summed E-state index contributed by atoms with van der Waals surface area (Å²) in [4.78, 5) is 1.74. The molecule has 5 rings (SSSR count). The summed E-state index contributed by atoms with van der Waals surface area (Å²) in [6, 6.07) is 1.46. The zero-order valence-electron chi connectivity index (χ0n) is 15.6. The molecule has 0 aromatic carbocycles. The molecule has 140 valence electrons. The lowest BCUT2D eigenvalue weighted by Crippen LogP contribution is -3.27. The zero-order chi connectivity index (χ0) is 16.9. The van der Waals surface area contributed by atoms with Crippen molar-refractivity contribution in [3.63, 3.8) is 0 Å². The lowest BCUT2D eigenvalue weighted by molar-refractivity contribution is -0.982. The minimum absolute atomic E-state index is 0.0926. The van der Waals surface area contributed by atoms with Gasteiger partial charge in [0.15, 0.2) is 0 Å². The monoisotopic (exact) mass is 348 g/mol. The Balaban J connectivity index is 1.41. The van der Waals surface area contributed by atoms with Gasteiger partial charge < -0.3 is 14.4 Å². The molecule has 5 heterocycles. The third kappa shape index (κ3) is 2.88. The van der Waals surface area contributed by atoms with Crippen molar-refractivity contribution in [2.24, 2.45) is 0 Å². The molecule has 0 saturated carbocycles. The molecule has 5 nitrogen and oxygen atoms in total. The highest BCUT2D eigenvalue weighted by Gasteiger charge is 2.59. The summed E-state index contributed by atoms with van der Waals surface area (Å²) < 4.78 is 13.0. The minimum Gasteiger partial charge on any atom is -0.360 e. The Morgan fingerprint density at radius 3 is 2.64 bits per heavy atom. The Kier molecular flexibility index (Phi) is 4.21. The van der Waals surface area contributed by atoms with Gasteiger partial charge in [-0.05, 0) is 38.5 Å². The predicted molar refractivity (Wildman–Crippen MR) is 95.9 cm³/mol. The summed E-state index contributed by atoms with van der Waals surface area (Å²) >= 11 is 0. The van der Waals surface area contributed by atoms with Crippen LogP contribution in [0.3, 0.4) is 0 Å². The SMILES string of the molecule is CC[C@H]1C=CCC[C@@]2(C[C@@H]3CC[C@@H]4C[C@]5(CCCCO5)NC(N2)[NH+]43)O1. The highest BCUT2D eigenvalue weighted by Crippen LogP contribution is 2.37. The second kappa shape index (κ2) is 6.31. The van der Waals surface area contributed by atoms with Crippen molar-refractivity contribution in [1.29, 1.82) is 0 Å². The van der Waals surface area contributed by atoms with Crippen LogP contribution in [0.4, 0.5) is 0 Å². The molecule has 2 unspecified atom stereocenters. The molecule has 5 heteroatoms. The molecule has 0 aromatic heterocycles. The first kappa shape index (κ1) is 16.7. The van der Waals surface area contributed by atoms with Gasteiger partial charge in [0.05, 0.1) is 18.2 Å². The standard InChI is InChI=1S/C20H33N3O2/c1-2-17-7-3-4-11-20(25-17)14-16-9-8-15-13-19(10-5-6-12-24-19)21-18(22-20)23(15)16/h3,7,15-18,21-22H,2,4-6,8-14H2,1H3/p+1/t15-,16+,17+,18?,19-,20+/m1/s1. The van der Waals surface area contributed by atoms with Gasteiger partial charge >= 0.3 is 0 Å². The quantitative estimate of drug-likeness (QED) is 0.627. The predicted octanol–water partition coefficient (Wildman–Crippen LogP) is 1.41. The molecule has 2 spiro atoms. The molecule has 5 aliphatic heterocycles. The van der Waals surface area contributed by atoms with Crippen LogP contribution in [0.2, 0.25) is 0 Å². The van der Waals surface area contributed by atoms with Crippen molar-refractivity contribution in [2.75, 3.05) is 6.61 Å². The van der Waals surface area contributed by atoms with E-state index in [4.69, 9.17) is 9.47 Å². The molecule has 7 atom stereocenters. The zero-order valence-corrected chi connectivity index (χ0v) is 15.6. The highest BCUT2D eigenvalue weighted by molar-refractivity contribution is 5.02. The van der Waals surface area contributed by atoms with Gasteiger partial charge in [-0.1, -0.05) is 19.1 Å². The average Bonchev–Trinajstić information content (AvgIpc) is 2.90. The molecule has 0 aromatic rings. The molecular weight excluding hydrogens is 314 g/mol. The lowest BCUT2D eigenvalue weighted by atomic mass is 9.90. The van der Waals surface area contributed by atoms with Crippen LogP contribution in [0.5, 0.6) is 0 Å². The Morgan fingerprint density at radius 2 is 1.88 bits per heavy atom. The third-order valence-electron chi connectivity index (χ3n) is 7.30. The van der Waals surface area contributed by atoms with Crippen LogP contribution in [0.25, 0.3) is 0 Å². The van der Waals surface area contributed by atoms with Gasteiger partial charge in [0.25, 0.3) is 0 Å². The van der Waals surface area contributed by atoms with E-state index in [1.165, 1.54) is 32.1 Å². The fourth-order valence-electron chi connectivity index (χ4n) is 6.18. The number of hydrogen-bond donors (Lipinski definition) is 3. The summed E-state index contributed by atoms with van der Waals surface area (Å²) in [6.07, 6.45) is 17.0. The van der Waals surface area contributed by atoms with E-state index in [2.05, 4.69) is 29.7 Å². The van der Waals surface area contributed by atoms with Crippen LogP contribution in [0.15, 0.2) is 12.2 Å². The van der Waals surface area contributed by atoms with Crippen LogP contribution in [0, 0.1) is 0 Å². The van der Waals surface area contributed by atoms with Crippen molar-refractivity contribution in [1.82, 2.24) is 10.6 Å². The van der Waals surface area contributed by atoms with E-state index in [0.717, 1.165) is 50.8 Å². The van der Waals surface area contributed by atoms with Crippen molar-refractivity contribution in [2.45, 2.75) is 107 Å². The van der Waals surface area contributed by atoms with Crippen LogP contribution in [0.1, 0.15) is 71.1 Å². The Hall–Kier alpha value is -0.460. The number of rotatable bonds is 1. The van der Waals surface area contributed by atoms with Gasteiger partial charge in [0.2, 0.25) is 6.29 Å². The van der Waals surface area contributed by atoms with Gasteiger partial charge in [0, 0.05) is 32.3 Å². The first-order valence-electron chi connectivity index (χ1n) is 10.6. The van der Waals surface area contributed by atoms with E-state index in [-0.39, 0.29) is 23.8 Å². The summed E-state index contributed by atoms with van der Waals surface area (Å²) in [5, 5.41) is 7.88. The molecule has 0 bridgehead atoms. The maximum absolute atomic E-state index is 6.67. The smallest absolute Gasteiger partial charge is 0.203 e. The molecule has 0 aliphatic carbocycles. The highest BCUT2D eigenvalue weighted by atomic mass is 16.5. The number of allylic oxidation sites excluding steroid dienone is 1. The number of ether oxygens (including phenoxy) is 2. The number of nitrogens with one attached hydrogen (secondary N) is 3. The fraction of sp³-hybridized carbons (Fsp3) is 0.900. The maximum Gasteiger partial charge on any atom is 0.203 e. The fourth-order valence-corrected chi connectivity index (χ4v) is 6.18. The van der Waals surface area contributed by atoms with E-state index >= 15 is 0 Å². The Morgan fingerprint density at radius 1 is 1.08 bits per heavy atom. The van der Waals surface area contributed by atoms with Crippen LogP contribution in [-0.4, -0.2) is 42.5 Å². The van der Waals surface area contributed by atoms with Crippen LogP contribution >= 0.6 is 0 Å². The van der Waals surface area contributed by atoms with Crippen molar-refractivity contribution >= 4 is 0 Å². The molecule has 0 amide bonds. The second-order valence-corrected chi connectivity index (χ2v) is 8.93. The van der Waals surface area contributed by atoms with E-state index in [1.807, 2.05) is 0 Å². The van der Waals surface area contributed by atoms with Crippen molar-refractivity contribution in [3.05, 3.63) is 12.2 Å². The molecule has 4 fully saturated rings. The molecule has 25 heavy (non-hydrogen) atoms. The molecular formula is C20H34N3O2+. The normalized spacial score (nSPS) is 52.3. The van der Waals surface area contributed by atoms with E-state index in [9.17, 15) is 0 Å². The maximum atomic E-state index is 6.67. The van der Waals surface area contributed by atoms with E-state index < -0.39 is 0 Å². The summed E-state index contributed by atoms with van der Waals surface area (Å²) in [6.45, 7) is 3.14. The van der Waals surface area contributed by atoms with Gasteiger partial charge in [0.1, 0.15) is 11.4 Å².